The summed E-state index contributed by atoms with van der Waals surface area (Å²) in [5.74, 6) is -1.17. The number of ether oxygens (including phenoxy) is 4. The number of cyclic esters (lactones) is 1. The molecule has 11 nitrogen and oxygen atoms in total. The van der Waals surface area contributed by atoms with Gasteiger partial charge in [-0.15, -0.1) is 0 Å². The number of rotatable bonds is 7. The summed E-state index contributed by atoms with van der Waals surface area (Å²) in [4.78, 5) is 28.0. The molecule has 0 bridgehead atoms. The van der Waals surface area contributed by atoms with Gasteiger partial charge in [0.1, 0.15) is 18.7 Å². The first-order chi connectivity index (χ1) is 16.8. The zero-order valence-electron chi connectivity index (χ0n) is 19.4. The Balaban J connectivity index is 1.16. The van der Waals surface area contributed by atoms with Gasteiger partial charge in [-0.3, -0.25) is 9.69 Å². The maximum absolute atomic E-state index is 15.0. The van der Waals surface area contributed by atoms with Crippen molar-refractivity contribution < 1.29 is 37.5 Å². The van der Waals surface area contributed by atoms with E-state index in [-0.39, 0.29) is 31.7 Å². The highest BCUT2D eigenvalue weighted by molar-refractivity contribution is 5.90. The summed E-state index contributed by atoms with van der Waals surface area (Å²) >= 11 is 0. The Morgan fingerprint density at radius 3 is 2.89 bits per heavy atom. The van der Waals surface area contributed by atoms with Crippen molar-refractivity contribution in [2.75, 3.05) is 42.6 Å². The van der Waals surface area contributed by atoms with Gasteiger partial charge in [-0.2, -0.15) is 0 Å². The van der Waals surface area contributed by atoms with E-state index in [4.69, 9.17) is 23.5 Å². The van der Waals surface area contributed by atoms with Crippen molar-refractivity contribution in [1.82, 2.24) is 10.5 Å². The van der Waals surface area contributed by atoms with E-state index in [0.29, 0.717) is 36.8 Å². The monoisotopic (exact) mass is 490 g/mol. The first-order valence-corrected chi connectivity index (χ1v) is 11.5. The van der Waals surface area contributed by atoms with Crippen LogP contribution in [0.3, 0.4) is 0 Å². The SMILES string of the molecule is CC1(C)OCC(C(=O)N[C@H]2CCN(c3ccc(N4C[C@H](COc5ccon5)OC4=O)cc3F)C2)O1. The fourth-order valence-corrected chi connectivity index (χ4v) is 4.40. The molecule has 1 aromatic heterocycles. The summed E-state index contributed by atoms with van der Waals surface area (Å²) < 4.78 is 41.5. The summed E-state index contributed by atoms with van der Waals surface area (Å²) in [6.07, 6.45) is 0.305. The van der Waals surface area contributed by atoms with Gasteiger partial charge in [0, 0.05) is 25.2 Å². The van der Waals surface area contributed by atoms with Gasteiger partial charge in [-0.1, -0.05) is 0 Å². The van der Waals surface area contributed by atoms with Crippen molar-refractivity contribution >= 4 is 23.4 Å². The second kappa shape index (κ2) is 9.34. The molecule has 2 aromatic rings. The van der Waals surface area contributed by atoms with E-state index < -0.39 is 29.9 Å². The molecular formula is C23H27FN4O7. The second-order valence-electron chi connectivity index (χ2n) is 9.16. The summed E-state index contributed by atoms with van der Waals surface area (Å²) in [7, 11) is 0. The fraction of sp³-hybridized carbons (Fsp3) is 0.522. The number of carbonyl (C=O) groups excluding carboxylic acids is 2. The molecule has 1 N–H and O–H groups in total. The number of hydrogen-bond donors (Lipinski definition) is 1. The van der Waals surface area contributed by atoms with E-state index in [9.17, 15) is 9.59 Å². The summed E-state index contributed by atoms with van der Waals surface area (Å²) in [5.41, 5.74) is 0.802. The minimum atomic E-state index is -0.777. The Bertz CT molecular complexity index is 1080. The Kier molecular flexibility index (Phi) is 6.24. The van der Waals surface area contributed by atoms with E-state index in [1.807, 2.05) is 4.90 Å². The van der Waals surface area contributed by atoms with Gasteiger partial charge >= 0.3 is 6.09 Å². The van der Waals surface area contributed by atoms with E-state index in [1.165, 1.54) is 17.2 Å². The topological polar surface area (TPSA) is 116 Å². The third-order valence-corrected chi connectivity index (χ3v) is 6.12. The van der Waals surface area contributed by atoms with E-state index in [2.05, 4.69) is 10.5 Å². The van der Waals surface area contributed by atoms with Crippen molar-refractivity contribution in [3.8, 4) is 5.88 Å². The molecule has 5 rings (SSSR count). The molecule has 1 aromatic carbocycles. The van der Waals surface area contributed by atoms with E-state index in [0.717, 1.165) is 0 Å². The van der Waals surface area contributed by atoms with Gasteiger partial charge in [-0.25, -0.2) is 9.18 Å². The molecule has 12 heteroatoms. The van der Waals surface area contributed by atoms with Crippen LogP contribution in [0.5, 0.6) is 5.88 Å². The molecule has 2 amide bonds. The predicted octanol–water partition coefficient (Wildman–Crippen LogP) is 2.06. The number of hydrogen-bond acceptors (Lipinski definition) is 9. The number of carbonyl (C=O) groups is 2. The van der Waals surface area contributed by atoms with Crippen LogP contribution >= 0.6 is 0 Å². The maximum atomic E-state index is 15.0. The minimum absolute atomic E-state index is 0.103. The standard InChI is InChI=1S/C23H27FN4O7/c1-23(2)32-13-19(35-23)21(29)25-14-5-7-27(10-14)18-4-3-15(9-17(18)24)28-11-16(34-22(28)30)12-31-20-6-8-33-26-20/h3-4,6,8-9,14,16,19H,5,7,10-13H2,1-2H3,(H,25,29)/t14-,16+,19?/m0/s1. The molecule has 0 aliphatic carbocycles. The lowest BCUT2D eigenvalue weighted by Gasteiger charge is -2.22. The molecule has 1 unspecified atom stereocenters. The van der Waals surface area contributed by atoms with Gasteiger partial charge < -0.3 is 33.7 Å². The summed E-state index contributed by atoms with van der Waals surface area (Å²) in [5, 5.41) is 6.61. The number of halogens is 1. The predicted molar refractivity (Wildman–Crippen MR) is 120 cm³/mol. The van der Waals surface area contributed by atoms with Crippen molar-refractivity contribution in [3.05, 3.63) is 36.3 Å². The number of nitrogens with one attached hydrogen (secondary N) is 1. The van der Waals surface area contributed by atoms with Crippen LogP contribution in [-0.4, -0.2) is 74.0 Å². The first kappa shape index (κ1) is 23.4. The molecule has 0 spiro atoms. The van der Waals surface area contributed by atoms with Crippen LogP contribution in [0.25, 0.3) is 0 Å². The quantitative estimate of drug-likeness (QED) is 0.623. The van der Waals surface area contributed by atoms with Gasteiger partial charge in [0.25, 0.3) is 11.8 Å². The highest BCUT2D eigenvalue weighted by atomic mass is 19.1. The highest BCUT2D eigenvalue weighted by Gasteiger charge is 2.38. The Morgan fingerprint density at radius 1 is 1.31 bits per heavy atom. The zero-order chi connectivity index (χ0) is 24.6. The third kappa shape index (κ3) is 5.17. The van der Waals surface area contributed by atoms with Crippen molar-refractivity contribution in [3.63, 3.8) is 0 Å². The fourth-order valence-electron chi connectivity index (χ4n) is 4.40. The van der Waals surface area contributed by atoms with Gasteiger partial charge in [0.05, 0.1) is 24.5 Å². The van der Waals surface area contributed by atoms with Gasteiger partial charge in [-0.05, 0) is 43.6 Å². The number of aromatic nitrogens is 1. The number of amides is 2. The molecule has 3 aliphatic heterocycles. The third-order valence-electron chi connectivity index (χ3n) is 6.12. The summed E-state index contributed by atoms with van der Waals surface area (Å²) in [6, 6.07) is 6.05. The smallest absolute Gasteiger partial charge is 0.414 e. The lowest BCUT2D eigenvalue weighted by molar-refractivity contribution is -0.153. The van der Waals surface area contributed by atoms with Crippen LogP contribution in [0, 0.1) is 5.82 Å². The molecule has 3 saturated heterocycles. The molecule has 3 atom stereocenters. The normalized spacial score (nSPS) is 25.7. The van der Waals surface area contributed by atoms with Crippen LogP contribution in [0.2, 0.25) is 0 Å². The van der Waals surface area contributed by atoms with Crippen LogP contribution in [0.15, 0.2) is 35.1 Å². The van der Waals surface area contributed by atoms with Crippen LogP contribution in [-0.2, 0) is 19.0 Å². The van der Waals surface area contributed by atoms with Crippen molar-refractivity contribution in [2.24, 2.45) is 0 Å². The average Bonchev–Trinajstić information content (AvgIpc) is 3.60. The lowest BCUT2D eigenvalue weighted by atomic mass is 10.2. The van der Waals surface area contributed by atoms with Gasteiger partial charge in [0.15, 0.2) is 18.0 Å². The van der Waals surface area contributed by atoms with Crippen LogP contribution in [0.1, 0.15) is 20.3 Å². The van der Waals surface area contributed by atoms with E-state index >= 15 is 4.39 Å². The molecule has 188 valence electrons. The second-order valence-corrected chi connectivity index (χ2v) is 9.16. The number of nitrogens with zero attached hydrogens (tertiary/aromatic N) is 3. The molecule has 4 heterocycles. The average molecular weight is 490 g/mol. The molecule has 35 heavy (non-hydrogen) atoms. The van der Waals surface area contributed by atoms with Crippen LogP contribution < -0.4 is 19.9 Å². The molecule has 3 aliphatic rings. The zero-order valence-corrected chi connectivity index (χ0v) is 19.4. The molecule has 0 radical (unpaired) electrons. The van der Waals surface area contributed by atoms with Crippen molar-refractivity contribution in [2.45, 2.75) is 44.3 Å². The van der Waals surface area contributed by atoms with Crippen LogP contribution in [0.4, 0.5) is 20.6 Å². The Morgan fingerprint density at radius 2 is 2.17 bits per heavy atom. The number of anilines is 2. The molecule has 3 fully saturated rings. The number of benzene rings is 1. The summed E-state index contributed by atoms with van der Waals surface area (Å²) in [6.45, 7) is 5.10. The molecular weight excluding hydrogens is 463 g/mol. The maximum Gasteiger partial charge on any atom is 0.414 e. The largest absolute Gasteiger partial charge is 0.471 e. The highest BCUT2D eigenvalue weighted by Crippen LogP contribution is 2.30. The van der Waals surface area contributed by atoms with E-state index in [1.54, 1.807) is 32.0 Å². The molecule has 0 saturated carbocycles. The first-order valence-electron chi connectivity index (χ1n) is 11.5. The Hall–Kier alpha value is -3.38. The Labute approximate surface area is 201 Å². The van der Waals surface area contributed by atoms with Gasteiger partial charge in [0.2, 0.25) is 0 Å². The lowest BCUT2D eigenvalue weighted by Crippen LogP contribution is -2.44. The van der Waals surface area contributed by atoms with Crippen molar-refractivity contribution in [1.29, 1.82) is 0 Å². The minimum Gasteiger partial charge on any atom is -0.471 e.